The van der Waals surface area contributed by atoms with E-state index in [-0.39, 0.29) is 11.8 Å². The van der Waals surface area contributed by atoms with Gasteiger partial charge in [-0.3, -0.25) is 9.59 Å². The van der Waals surface area contributed by atoms with Gasteiger partial charge in [0.1, 0.15) is 5.75 Å². The van der Waals surface area contributed by atoms with E-state index < -0.39 is 0 Å². The first-order valence-electron chi connectivity index (χ1n) is 9.79. The Morgan fingerprint density at radius 3 is 2.19 bits per heavy atom. The smallest absolute Gasteiger partial charge is 0.257 e. The van der Waals surface area contributed by atoms with Crippen LogP contribution in [0.15, 0.2) is 72.8 Å². The Bertz CT molecular complexity index is 1120. The second-order valence-electron chi connectivity index (χ2n) is 6.67. The van der Waals surface area contributed by atoms with Gasteiger partial charge in [-0.2, -0.15) is 0 Å². The van der Waals surface area contributed by atoms with Gasteiger partial charge in [-0.1, -0.05) is 18.2 Å². The van der Waals surface area contributed by atoms with Crippen molar-refractivity contribution in [3.05, 3.63) is 83.9 Å². The van der Waals surface area contributed by atoms with Crippen LogP contribution in [-0.4, -0.2) is 33.1 Å². The van der Waals surface area contributed by atoms with E-state index in [2.05, 4.69) is 10.6 Å². The molecule has 7 heteroatoms. The van der Waals surface area contributed by atoms with Gasteiger partial charge in [0.2, 0.25) is 5.91 Å². The Morgan fingerprint density at radius 1 is 0.781 bits per heavy atom. The summed E-state index contributed by atoms with van der Waals surface area (Å²) in [7, 11) is 4.68. The minimum absolute atomic E-state index is 0.338. The van der Waals surface area contributed by atoms with Crippen LogP contribution >= 0.6 is 0 Å². The standard InChI is InChI=1S/C25H24N2O5/c1-30-19-12-10-18(11-13-19)26-25(29)20-6-4-5-7-21(20)27-24(28)15-9-17-8-14-22(31-2)23(16-17)32-3/h4-16H,1-3H3,(H,26,29)(H,27,28). The van der Waals surface area contributed by atoms with Gasteiger partial charge in [0, 0.05) is 11.8 Å². The summed E-state index contributed by atoms with van der Waals surface area (Å²) >= 11 is 0. The largest absolute Gasteiger partial charge is 0.497 e. The summed E-state index contributed by atoms with van der Waals surface area (Å²) in [6.45, 7) is 0. The van der Waals surface area contributed by atoms with Gasteiger partial charge < -0.3 is 24.8 Å². The molecule has 0 atom stereocenters. The quantitative estimate of drug-likeness (QED) is 0.508. The molecule has 164 valence electrons. The van der Waals surface area contributed by atoms with E-state index in [0.29, 0.717) is 34.2 Å². The zero-order valence-electron chi connectivity index (χ0n) is 18.0. The van der Waals surface area contributed by atoms with Crippen LogP contribution in [0.4, 0.5) is 11.4 Å². The van der Waals surface area contributed by atoms with Gasteiger partial charge >= 0.3 is 0 Å². The summed E-state index contributed by atoms with van der Waals surface area (Å²) in [5.41, 5.74) is 2.13. The van der Waals surface area contributed by atoms with E-state index >= 15 is 0 Å². The normalized spacial score (nSPS) is 10.5. The molecule has 0 radical (unpaired) electrons. The van der Waals surface area contributed by atoms with Crippen molar-refractivity contribution >= 4 is 29.3 Å². The van der Waals surface area contributed by atoms with Crippen molar-refractivity contribution in [1.82, 2.24) is 0 Å². The Morgan fingerprint density at radius 2 is 1.50 bits per heavy atom. The number of rotatable bonds is 8. The van der Waals surface area contributed by atoms with Crippen molar-refractivity contribution in [3.63, 3.8) is 0 Å². The van der Waals surface area contributed by atoms with Crippen molar-refractivity contribution in [2.45, 2.75) is 0 Å². The van der Waals surface area contributed by atoms with Crippen LogP contribution in [0.5, 0.6) is 17.2 Å². The second kappa shape index (κ2) is 10.7. The highest BCUT2D eigenvalue weighted by molar-refractivity contribution is 6.11. The molecule has 32 heavy (non-hydrogen) atoms. The van der Waals surface area contributed by atoms with Gasteiger partial charge in [0.05, 0.1) is 32.6 Å². The minimum atomic E-state index is -0.371. The molecular formula is C25H24N2O5. The van der Waals surface area contributed by atoms with E-state index in [1.54, 1.807) is 94.1 Å². The van der Waals surface area contributed by atoms with E-state index in [4.69, 9.17) is 14.2 Å². The predicted octanol–water partition coefficient (Wildman–Crippen LogP) is 4.62. The number of amides is 2. The Hall–Kier alpha value is -4.26. The third-order valence-electron chi connectivity index (χ3n) is 4.61. The van der Waals surface area contributed by atoms with Crippen molar-refractivity contribution in [1.29, 1.82) is 0 Å². The summed E-state index contributed by atoms with van der Waals surface area (Å²) in [6, 6.07) is 19.1. The first-order valence-corrected chi connectivity index (χ1v) is 9.79. The average molecular weight is 432 g/mol. The van der Waals surface area contributed by atoms with E-state index in [0.717, 1.165) is 5.56 Å². The van der Waals surface area contributed by atoms with Crippen molar-refractivity contribution in [2.75, 3.05) is 32.0 Å². The lowest BCUT2D eigenvalue weighted by Crippen LogP contribution is -2.17. The predicted molar refractivity (Wildman–Crippen MR) is 125 cm³/mol. The molecule has 0 heterocycles. The molecule has 0 saturated heterocycles. The van der Waals surface area contributed by atoms with Crippen LogP contribution < -0.4 is 24.8 Å². The lowest BCUT2D eigenvalue weighted by Gasteiger charge is -2.11. The molecule has 2 N–H and O–H groups in total. The Balaban J connectivity index is 1.70. The zero-order valence-corrected chi connectivity index (χ0v) is 18.0. The lowest BCUT2D eigenvalue weighted by molar-refractivity contribution is -0.111. The fourth-order valence-electron chi connectivity index (χ4n) is 2.97. The summed E-state index contributed by atoms with van der Waals surface area (Å²) in [6.07, 6.45) is 3.04. The molecule has 3 aromatic carbocycles. The molecule has 0 fully saturated rings. The van der Waals surface area contributed by atoms with Gasteiger partial charge in [-0.25, -0.2) is 0 Å². The van der Waals surface area contributed by atoms with Gasteiger partial charge in [-0.05, 0) is 60.2 Å². The maximum absolute atomic E-state index is 12.7. The molecule has 0 aliphatic carbocycles. The minimum Gasteiger partial charge on any atom is -0.497 e. The highest BCUT2D eigenvalue weighted by Gasteiger charge is 2.13. The third kappa shape index (κ3) is 5.66. The van der Waals surface area contributed by atoms with Gasteiger partial charge in [-0.15, -0.1) is 0 Å². The summed E-state index contributed by atoms with van der Waals surface area (Å²) in [5, 5.41) is 5.57. The number of hydrogen-bond donors (Lipinski definition) is 2. The first-order chi connectivity index (χ1) is 15.5. The molecule has 7 nitrogen and oxygen atoms in total. The molecule has 0 unspecified atom stereocenters. The molecule has 0 aliphatic rings. The topological polar surface area (TPSA) is 85.9 Å². The molecule has 3 rings (SSSR count). The van der Waals surface area contributed by atoms with E-state index in [9.17, 15) is 9.59 Å². The lowest BCUT2D eigenvalue weighted by atomic mass is 10.1. The van der Waals surface area contributed by atoms with Gasteiger partial charge in [0.15, 0.2) is 11.5 Å². The Labute approximate surface area is 186 Å². The van der Waals surface area contributed by atoms with Crippen LogP contribution in [0.25, 0.3) is 6.08 Å². The maximum atomic E-state index is 12.7. The number of benzene rings is 3. The molecule has 0 saturated carbocycles. The van der Waals surface area contributed by atoms with Crippen molar-refractivity contribution in [3.8, 4) is 17.2 Å². The highest BCUT2D eigenvalue weighted by Crippen LogP contribution is 2.28. The Kier molecular flexibility index (Phi) is 7.48. The number of ether oxygens (including phenoxy) is 3. The monoisotopic (exact) mass is 432 g/mol. The molecule has 0 aliphatic heterocycles. The number of nitrogens with one attached hydrogen (secondary N) is 2. The van der Waals surface area contributed by atoms with E-state index in [1.165, 1.54) is 6.08 Å². The molecule has 0 spiro atoms. The third-order valence-corrected chi connectivity index (χ3v) is 4.61. The molecule has 2 amide bonds. The van der Waals surface area contributed by atoms with E-state index in [1.807, 2.05) is 0 Å². The molecular weight excluding hydrogens is 408 g/mol. The van der Waals surface area contributed by atoms with Crippen LogP contribution in [0.3, 0.4) is 0 Å². The van der Waals surface area contributed by atoms with Crippen LogP contribution in [0.1, 0.15) is 15.9 Å². The number of carbonyl (C=O) groups is 2. The summed E-state index contributed by atoms with van der Waals surface area (Å²) in [4.78, 5) is 25.2. The van der Waals surface area contributed by atoms with Crippen LogP contribution in [0, 0.1) is 0 Å². The summed E-state index contributed by atoms with van der Waals surface area (Å²) < 4.78 is 15.6. The van der Waals surface area contributed by atoms with Crippen molar-refractivity contribution in [2.24, 2.45) is 0 Å². The number of hydrogen-bond acceptors (Lipinski definition) is 5. The molecule has 0 aromatic heterocycles. The van der Waals surface area contributed by atoms with Crippen molar-refractivity contribution < 1.29 is 23.8 Å². The van der Waals surface area contributed by atoms with Crippen LogP contribution in [0.2, 0.25) is 0 Å². The molecule has 0 bridgehead atoms. The fourth-order valence-corrected chi connectivity index (χ4v) is 2.97. The highest BCUT2D eigenvalue weighted by atomic mass is 16.5. The number of anilines is 2. The SMILES string of the molecule is COc1ccc(NC(=O)c2ccccc2NC(=O)C=Cc2ccc(OC)c(OC)c2)cc1. The summed E-state index contributed by atoms with van der Waals surface area (Å²) in [5.74, 6) is 1.15. The number of para-hydroxylation sites is 1. The fraction of sp³-hybridized carbons (Fsp3) is 0.120. The first kappa shape index (κ1) is 22.4. The number of methoxy groups -OCH3 is 3. The number of carbonyl (C=O) groups excluding carboxylic acids is 2. The maximum Gasteiger partial charge on any atom is 0.257 e. The van der Waals surface area contributed by atoms with Gasteiger partial charge in [0.25, 0.3) is 5.91 Å². The average Bonchev–Trinajstić information content (AvgIpc) is 2.83. The zero-order chi connectivity index (χ0) is 22.9. The van der Waals surface area contributed by atoms with Crippen LogP contribution in [-0.2, 0) is 4.79 Å². The molecule has 3 aromatic rings. The second-order valence-corrected chi connectivity index (χ2v) is 6.67.